The van der Waals surface area contributed by atoms with Gasteiger partial charge >= 0.3 is 0 Å². The number of carbonyl (C=O) groups is 1. The molecule has 1 amide bonds. The highest BCUT2D eigenvalue weighted by molar-refractivity contribution is 7.89. The molecular formula is C25H30N4O4S. The molecule has 3 heterocycles. The highest BCUT2D eigenvalue weighted by atomic mass is 32.2. The summed E-state index contributed by atoms with van der Waals surface area (Å²) >= 11 is 0. The van der Waals surface area contributed by atoms with E-state index in [-0.39, 0.29) is 22.5 Å². The van der Waals surface area contributed by atoms with Gasteiger partial charge < -0.3 is 9.88 Å². The molecule has 1 saturated heterocycles. The third-order valence-corrected chi connectivity index (χ3v) is 8.59. The van der Waals surface area contributed by atoms with E-state index in [1.54, 1.807) is 33.1 Å². The Hall–Kier alpha value is -3.04. The largest absolute Gasteiger partial charge is 0.332 e. The summed E-state index contributed by atoms with van der Waals surface area (Å²) in [5.41, 5.74) is 1.35. The van der Waals surface area contributed by atoms with Crippen LogP contribution < -0.4 is 10.7 Å². The van der Waals surface area contributed by atoms with E-state index < -0.39 is 21.4 Å². The minimum Gasteiger partial charge on any atom is -0.332 e. The zero-order valence-electron chi connectivity index (χ0n) is 19.9. The van der Waals surface area contributed by atoms with Crippen LogP contribution in [0.1, 0.15) is 56.1 Å². The van der Waals surface area contributed by atoms with Gasteiger partial charge in [-0.15, -0.1) is 0 Å². The lowest BCUT2D eigenvalue weighted by Crippen LogP contribution is -2.47. The average molecular weight is 483 g/mol. The zero-order chi connectivity index (χ0) is 24.6. The first kappa shape index (κ1) is 24.1. The molecule has 1 aliphatic rings. The van der Waals surface area contributed by atoms with Gasteiger partial charge in [-0.3, -0.25) is 9.59 Å². The van der Waals surface area contributed by atoms with Crippen molar-refractivity contribution in [3.05, 3.63) is 64.1 Å². The fourth-order valence-corrected chi connectivity index (χ4v) is 6.55. The Kier molecular flexibility index (Phi) is 6.60. The van der Waals surface area contributed by atoms with Crippen LogP contribution in [0.25, 0.3) is 11.0 Å². The molecule has 180 valence electrons. The Labute approximate surface area is 199 Å². The zero-order valence-corrected chi connectivity index (χ0v) is 20.7. The number of hydrogen-bond acceptors (Lipinski definition) is 5. The van der Waals surface area contributed by atoms with Gasteiger partial charge in [0.05, 0.1) is 10.3 Å². The van der Waals surface area contributed by atoms with E-state index in [0.29, 0.717) is 23.3 Å². The van der Waals surface area contributed by atoms with Gasteiger partial charge in [-0.1, -0.05) is 6.42 Å². The smallest absolute Gasteiger partial charge is 0.261 e. The minimum atomic E-state index is -3.64. The van der Waals surface area contributed by atoms with Gasteiger partial charge in [-0.25, -0.2) is 13.4 Å². The molecule has 34 heavy (non-hydrogen) atoms. The molecule has 0 bridgehead atoms. The van der Waals surface area contributed by atoms with E-state index in [9.17, 15) is 18.0 Å². The van der Waals surface area contributed by atoms with Gasteiger partial charge in [0, 0.05) is 36.2 Å². The topological polar surface area (TPSA) is 101 Å². The van der Waals surface area contributed by atoms with Crippen molar-refractivity contribution in [2.75, 3.05) is 5.32 Å². The lowest BCUT2D eigenvalue weighted by molar-refractivity contribution is 0.102. The van der Waals surface area contributed by atoms with Crippen LogP contribution in [-0.4, -0.2) is 40.3 Å². The maximum Gasteiger partial charge on any atom is 0.261 e. The van der Waals surface area contributed by atoms with E-state index >= 15 is 0 Å². The van der Waals surface area contributed by atoms with Crippen molar-refractivity contribution in [3.63, 3.8) is 0 Å². The van der Waals surface area contributed by atoms with Crippen LogP contribution in [0.2, 0.25) is 0 Å². The van der Waals surface area contributed by atoms with Gasteiger partial charge in [0.2, 0.25) is 15.5 Å². The number of aryl methyl sites for hydroxylation is 2. The molecule has 1 fully saturated rings. The predicted octanol–water partition coefficient (Wildman–Crippen LogP) is 3.93. The van der Waals surface area contributed by atoms with Crippen LogP contribution in [0.3, 0.4) is 0 Å². The van der Waals surface area contributed by atoms with E-state index in [2.05, 4.69) is 10.3 Å². The third-order valence-electron chi connectivity index (χ3n) is 6.45. The van der Waals surface area contributed by atoms with Gasteiger partial charge in [0.15, 0.2) is 0 Å². The quantitative estimate of drug-likeness (QED) is 0.594. The molecule has 0 unspecified atom stereocenters. The highest BCUT2D eigenvalue weighted by Gasteiger charge is 2.35. The highest BCUT2D eigenvalue weighted by Crippen LogP contribution is 2.30. The predicted molar refractivity (Wildman–Crippen MR) is 133 cm³/mol. The Balaban J connectivity index is 1.60. The Morgan fingerprint density at radius 1 is 1.09 bits per heavy atom. The first-order chi connectivity index (χ1) is 16.1. The Morgan fingerprint density at radius 3 is 2.35 bits per heavy atom. The average Bonchev–Trinajstić information content (AvgIpc) is 2.79. The summed E-state index contributed by atoms with van der Waals surface area (Å²) in [5.74, 6) is -0.552. The Morgan fingerprint density at radius 2 is 1.74 bits per heavy atom. The van der Waals surface area contributed by atoms with E-state index in [1.165, 1.54) is 18.3 Å². The van der Waals surface area contributed by atoms with Crippen molar-refractivity contribution in [3.8, 4) is 0 Å². The summed E-state index contributed by atoms with van der Waals surface area (Å²) in [6, 6.07) is 9.41. The van der Waals surface area contributed by atoms with Crippen LogP contribution in [-0.2, 0) is 16.6 Å². The molecule has 3 aromatic rings. The molecule has 0 saturated carbocycles. The number of fused-ring (bicyclic) bond motifs is 1. The lowest BCUT2D eigenvalue weighted by Gasteiger charge is -2.37. The number of hydrogen-bond donors (Lipinski definition) is 1. The second-order valence-corrected chi connectivity index (χ2v) is 10.8. The molecule has 1 aliphatic heterocycles. The van der Waals surface area contributed by atoms with Crippen molar-refractivity contribution >= 4 is 32.7 Å². The van der Waals surface area contributed by atoms with Crippen LogP contribution in [0, 0.1) is 6.92 Å². The summed E-state index contributed by atoms with van der Waals surface area (Å²) in [4.78, 5) is 30.6. The SMILES string of the molecule is CCn1cc(C(=O)Nc2ccc(S(=O)(=O)N3[C@@H](C)CCC[C@@H]3C)cc2)c(=O)c2ccc(C)nc21. The van der Waals surface area contributed by atoms with Crippen molar-refractivity contribution in [2.24, 2.45) is 0 Å². The molecule has 2 atom stereocenters. The van der Waals surface area contributed by atoms with Crippen molar-refractivity contribution in [2.45, 2.75) is 70.5 Å². The van der Waals surface area contributed by atoms with Crippen molar-refractivity contribution < 1.29 is 13.2 Å². The summed E-state index contributed by atoms with van der Waals surface area (Å²) in [6.07, 6.45) is 4.22. The van der Waals surface area contributed by atoms with Gasteiger partial charge in [-0.2, -0.15) is 4.31 Å². The molecule has 0 spiro atoms. The third kappa shape index (κ3) is 4.37. The summed E-state index contributed by atoms with van der Waals surface area (Å²) in [7, 11) is -3.64. The Bertz CT molecular complexity index is 1390. The monoisotopic (exact) mass is 482 g/mol. The standard InChI is InChI=1S/C25H30N4O4S/c1-5-28-15-22(23(30)21-14-9-16(2)26-24(21)28)25(31)27-19-10-12-20(13-11-19)34(32,33)29-17(3)7-6-8-18(29)4/h9-15,17-18H,5-8H2,1-4H3,(H,27,31)/t17-,18-/m0/s1. The van der Waals surface area contributed by atoms with E-state index in [1.807, 2.05) is 27.7 Å². The van der Waals surface area contributed by atoms with Crippen molar-refractivity contribution in [1.82, 2.24) is 13.9 Å². The molecule has 9 heteroatoms. The molecule has 0 aliphatic carbocycles. The number of amides is 1. The number of pyridine rings is 2. The van der Waals surface area contributed by atoms with Crippen LogP contribution >= 0.6 is 0 Å². The molecule has 1 N–H and O–H groups in total. The van der Waals surface area contributed by atoms with Crippen LogP contribution in [0.5, 0.6) is 0 Å². The van der Waals surface area contributed by atoms with E-state index in [0.717, 1.165) is 25.0 Å². The maximum atomic E-state index is 13.2. The summed E-state index contributed by atoms with van der Waals surface area (Å²) in [6.45, 7) is 8.18. The van der Waals surface area contributed by atoms with Crippen LogP contribution in [0.15, 0.2) is 52.3 Å². The second kappa shape index (κ2) is 9.31. The number of benzene rings is 1. The number of sulfonamides is 1. The molecule has 0 radical (unpaired) electrons. The van der Waals surface area contributed by atoms with Gasteiger partial charge in [0.25, 0.3) is 5.91 Å². The first-order valence-electron chi connectivity index (χ1n) is 11.6. The molecule has 2 aromatic heterocycles. The molecule has 8 nitrogen and oxygen atoms in total. The van der Waals surface area contributed by atoms with Crippen molar-refractivity contribution in [1.29, 1.82) is 0 Å². The fraction of sp³-hybridized carbons (Fsp3) is 0.400. The second-order valence-electron chi connectivity index (χ2n) is 8.92. The molecule has 4 rings (SSSR count). The summed E-state index contributed by atoms with van der Waals surface area (Å²) in [5, 5.41) is 3.10. The maximum absolute atomic E-state index is 13.2. The molecular weight excluding hydrogens is 452 g/mol. The minimum absolute atomic E-state index is 0.00710. The molecule has 1 aromatic carbocycles. The fourth-order valence-electron chi connectivity index (χ4n) is 4.66. The number of piperidine rings is 1. The summed E-state index contributed by atoms with van der Waals surface area (Å²) < 4.78 is 29.8. The number of anilines is 1. The number of nitrogens with zero attached hydrogens (tertiary/aromatic N) is 3. The number of rotatable bonds is 5. The lowest BCUT2D eigenvalue weighted by atomic mass is 10.0. The van der Waals surface area contributed by atoms with Gasteiger partial charge in [0.1, 0.15) is 11.2 Å². The first-order valence-corrected chi connectivity index (χ1v) is 13.0. The number of aromatic nitrogens is 2. The number of nitrogens with one attached hydrogen (secondary N) is 1. The normalized spacial score (nSPS) is 19.3. The van der Waals surface area contributed by atoms with E-state index in [4.69, 9.17) is 0 Å². The van der Waals surface area contributed by atoms with Crippen LogP contribution in [0.4, 0.5) is 5.69 Å². The number of carbonyl (C=O) groups excluding carboxylic acids is 1. The van der Waals surface area contributed by atoms with Gasteiger partial charge in [-0.05, 0) is 76.9 Å².